The zero-order chi connectivity index (χ0) is 14.9. The van der Waals surface area contributed by atoms with Crippen molar-refractivity contribution in [3.8, 4) is 0 Å². The summed E-state index contributed by atoms with van der Waals surface area (Å²) in [5.41, 5.74) is 0.698. The first-order chi connectivity index (χ1) is 9.38. The molecule has 8 heteroatoms. The van der Waals surface area contributed by atoms with Crippen LogP contribution in [0.15, 0.2) is 18.3 Å². The van der Waals surface area contributed by atoms with E-state index in [4.69, 9.17) is 5.11 Å². The van der Waals surface area contributed by atoms with E-state index >= 15 is 0 Å². The Bertz CT molecular complexity index is 658. The molecular weight excluding hydrogens is 262 g/mol. The molecule has 2 aromatic rings. The van der Waals surface area contributed by atoms with Crippen LogP contribution in [0.25, 0.3) is 0 Å². The molecule has 0 saturated heterocycles. The zero-order valence-corrected chi connectivity index (χ0v) is 11.4. The average molecular weight is 277 g/mol. The number of carboxylic acid groups (broad SMARTS) is 1. The number of nitrogens with zero attached hydrogens (tertiary/aromatic N) is 4. The van der Waals surface area contributed by atoms with E-state index in [1.54, 1.807) is 24.7 Å². The largest absolute Gasteiger partial charge is 0.476 e. The van der Waals surface area contributed by atoms with E-state index in [0.717, 1.165) is 5.69 Å². The van der Waals surface area contributed by atoms with Crippen LogP contribution in [0.1, 0.15) is 29.1 Å². The summed E-state index contributed by atoms with van der Waals surface area (Å²) in [5.74, 6) is -0.850. The third-order valence-corrected chi connectivity index (χ3v) is 2.86. The van der Waals surface area contributed by atoms with Gasteiger partial charge in [-0.25, -0.2) is 4.79 Å². The van der Waals surface area contributed by atoms with Crippen molar-refractivity contribution >= 4 is 17.7 Å². The molecule has 106 valence electrons. The molecule has 1 amide bonds. The average Bonchev–Trinajstić information content (AvgIpc) is 2.96. The fraction of sp³-hybridized carbons (Fsp3) is 0.333. The van der Waals surface area contributed by atoms with Gasteiger partial charge in [-0.2, -0.15) is 10.2 Å². The third-order valence-electron chi connectivity index (χ3n) is 2.86. The smallest absolute Gasteiger partial charge is 0.356 e. The monoisotopic (exact) mass is 277 g/mol. The highest BCUT2D eigenvalue weighted by Gasteiger charge is 2.19. The Morgan fingerprint density at radius 1 is 1.40 bits per heavy atom. The number of anilines is 1. The summed E-state index contributed by atoms with van der Waals surface area (Å²) in [6, 6.07) is 2.47. The van der Waals surface area contributed by atoms with Gasteiger partial charge in [0.15, 0.2) is 5.69 Å². The molecule has 2 aromatic heterocycles. The molecule has 0 aliphatic heterocycles. The lowest BCUT2D eigenvalue weighted by atomic mass is 10.3. The highest BCUT2D eigenvalue weighted by Crippen LogP contribution is 2.12. The first kappa shape index (κ1) is 13.8. The van der Waals surface area contributed by atoms with Crippen molar-refractivity contribution in [2.75, 3.05) is 5.32 Å². The topological polar surface area (TPSA) is 102 Å². The normalized spacial score (nSPS) is 12.2. The number of carbonyl (C=O) groups excluding carboxylic acids is 1. The first-order valence-corrected chi connectivity index (χ1v) is 5.98. The van der Waals surface area contributed by atoms with Crippen LogP contribution in [0.5, 0.6) is 0 Å². The van der Waals surface area contributed by atoms with E-state index in [0.29, 0.717) is 5.82 Å². The number of carboxylic acids is 1. The quantitative estimate of drug-likeness (QED) is 0.861. The predicted molar refractivity (Wildman–Crippen MR) is 70.5 cm³/mol. The first-order valence-electron chi connectivity index (χ1n) is 5.98. The second kappa shape index (κ2) is 5.16. The number of aromatic carboxylic acids is 1. The molecule has 1 atom stereocenters. The van der Waals surface area contributed by atoms with Crippen molar-refractivity contribution in [1.29, 1.82) is 0 Å². The number of hydrogen-bond donors (Lipinski definition) is 2. The van der Waals surface area contributed by atoms with Crippen molar-refractivity contribution in [1.82, 2.24) is 19.6 Å². The number of hydrogen-bond acceptors (Lipinski definition) is 4. The second-order valence-electron chi connectivity index (χ2n) is 4.45. The highest BCUT2D eigenvalue weighted by molar-refractivity contribution is 5.92. The van der Waals surface area contributed by atoms with Crippen LogP contribution in [0.4, 0.5) is 5.82 Å². The Balaban J connectivity index is 2.12. The molecule has 8 nitrogen and oxygen atoms in total. The minimum Gasteiger partial charge on any atom is -0.476 e. The van der Waals surface area contributed by atoms with Crippen LogP contribution >= 0.6 is 0 Å². The van der Waals surface area contributed by atoms with Gasteiger partial charge in [-0.3, -0.25) is 14.2 Å². The Kier molecular flexibility index (Phi) is 3.55. The molecule has 2 rings (SSSR count). The van der Waals surface area contributed by atoms with Gasteiger partial charge in [0.25, 0.3) is 0 Å². The lowest BCUT2D eigenvalue weighted by Gasteiger charge is -2.12. The van der Waals surface area contributed by atoms with Gasteiger partial charge in [0.2, 0.25) is 5.91 Å². The number of aryl methyl sites for hydroxylation is 2. The van der Waals surface area contributed by atoms with Crippen molar-refractivity contribution < 1.29 is 14.7 Å². The summed E-state index contributed by atoms with van der Waals surface area (Å²) < 4.78 is 2.87. The van der Waals surface area contributed by atoms with Crippen LogP contribution in [0.2, 0.25) is 0 Å². The van der Waals surface area contributed by atoms with Crippen LogP contribution in [-0.4, -0.2) is 36.5 Å². The molecule has 0 aliphatic rings. The number of aromatic nitrogens is 4. The van der Waals surface area contributed by atoms with Crippen LogP contribution in [0, 0.1) is 6.92 Å². The maximum Gasteiger partial charge on any atom is 0.356 e. The third kappa shape index (κ3) is 2.68. The molecular formula is C12H15N5O3. The number of carbonyl (C=O) groups is 2. The molecule has 20 heavy (non-hydrogen) atoms. The van der Waals surface area contributed by atoms with E-state index in [1.165, 1.54) is 16.9 Å². The van der Waals surface area contributed by atoms with Crippen molar-refractivity contribution in [3.63, 3.8) is 0 Å². The second-order valence-corrected chi connectivity index (χ2v) is 4.45. The minimum absolute atomic E-state index is 0.0963. The standard InChI is InChI=1S/C12H15N5O3/c1-7-6-10(16(3)14-7)13-11(18)8(2)17-5-4-9(15-17)12(19)20/h4-6,8H,1-3H3,(H,13,18)(H,19,20). The molecule has 0 saturated carbocycles. The molecule has 2 N–H and O–H groups in total. The summed E-state index contributed by atoms with van der Waals surface area (Å²) in [6.45, 7) is 3.46. The van der Waals surface area contributed by atoms with E-state index in [9.17, 15) is 9.59 Å². The lowest BCUT2D eigenvalue weighted by Crippen LogP contribution is -2.25. The number of nitrogens with one attached hydrogen (secondary N) is 1. The van der Waals surface area contributed by atoms with E-state index in [1.807, 2.05) is 6.92 Å². The van der Waals surface area contributed by atoms with Gasteiger partial charge >= 0.3 is 5.97 Å². The highest BCUT2D eigenvalue weighted by atomic mass is 16.4. The Morgan fingerprint density at radius 2 is 2.10 bits per heavy atom. The summed E-state index contributed by atoms with van der Waals surface area (Å²) >= 11 is 0. The number of rotatable bonds is 4. The number of amides is 1. The van der Waals surface area contributed by atoms with Crippen LogP contribution in [-0.2, 0) is 11.8 Å². The maximum atomic E-state index is 12.1. The van der Waals surface area contributed by atoms with E-state index < -0.39 is 12.0 Å². The summed E-state index contributed by atoms with van der Waals surface area (Å²) in [4.78, 5) is 22.9. The molecule has 0 fully saturated rings. The van der Waals surface area contributed by atoms with Crippen molar-refractivity contribution in [2.45, 2.75) is 19.9 Å². The zero-order valence-electron chi connectivity index (χ0n) is 11.4. The van der Waals surface area contributed by atoms with E-state index in [-0.39, 0.29) is 11.6 Å². The van der Waals surface area contributed by atoms with Gasteiger partial charge in [-0.1, -0.05) is 0 Å². The summed E-state index contributed by atoms with van der Waals surface area (Å²) in [7, 11) is 1.73. The molecule has 2 heterocycles. The van der Waals surface area contributed by atoms with Gasteiger partial charge in [-0.15, -0.1) is 0 Å². The van der Waals surface area contributed by atoms with Gasteiger partial charge in [0.1, 0.15) is 11.9 Å². The van der Waals surface area contributed by atoms with Crippen LogP contribution in [0.3, 0.4) is 0 Å². The Hall–Kier alpha value is -2.64. The predicted octanol–water partition coefficient (Wildman–Crippen LogP) is 0.823. The van der Waals surface area contributed by atoms with E-state index in [2.05, 4.69) is 15.5 Å². The fourth-order valence-corrected chi connectivity index (χ4v) is 1.75. The van der Waals surface area contributed by atoms with Gasteiger partial charge < -0.3 is 10.4 Å². The molecule has 0 radical (unpaired) electrons. The van der Waals surface area contributed by atoms with Gasteiger partial charge in [-0.05, 0) is 19.9 Å². The molecule has 0 aromatic carbocycles. The summed E-state index contributed by atoms with van der Waals surface area (Å²) in [5, 5.41) is 19.5. The lowest BCUT2D eigenvalue weighted by molar-refractivity contribution is -0.119. The molecule has 0 spiro atoms. The minimum atomic E-state index is -1.13. The molecule has 0 aliphatic carbocycles. The van der Waals surface area contributed by atoms with Gasteiger partial charge in [0, 0.05) is 19.3 Å². The SMILES string of the molecule is Cc1cc(NC(=O)C(C)n2ccc(C(=O)O)n2)n(C)n1. The van der Waals surface area contributed by atoms with Crippen LogP contribution < -0.4 is 5.32 Å². The van der Waals surface area contributed by atoms with Crippen molar-refractivity contribution in [2.24, 2.45) is 7.05 Å². The molecule has 1 unspecified atom stereocenters. The molecule has 0 bridgehead atoms. The Labute approximate surface area is 115 Å². The summed E-state index contributed by atoms with van der Waals surface area (Å²) in [6.07, 6.45) is 1.46. The van der Waals surface area contributed by atoms with Gasteiger partial charge in [0.05, 0.1) is 5.69 Å². The van der Waals surface area contributed by atoms with Crippen molar-refractivity contribution in [3.05, 3.63) is 29.7 Å². The Morgan fingerprint density at radius 3 is 2.60 bits per heavy atom. The fourth-order valence-electron chi connectivity index (χ4n) is 1.75. The maximum absolute atomic E-state index is 12.1.